The number of nitrogens with one attached hydrogen (secondary N) is 1. The summed E-state index contributed by atoms with van der Waals surface area (Å²) in [4.78, 5) is 2.22. The Kier molecular flexibility index (Phi) is 3.44. The van der Waals surface area contributed by atoms with Gasteiger partial charge in [-0.05, 0) is 45.1 Å². The first kappa shape index (κ1) is 14.1. The van der Waals surface area contributed by atoms with E-state index in [9.17, 15) is 13.2 Å². The third kappa shape index (κ3) is 2.92. The van der Waals surface area contributed by atoms with Crippen LogP contribution in [-0.2, 0) is 6.18 Å². The zero-order valence-corrected chi connectivity index (χ0v) is 11.4. The van der Waals surface area contributed by atoms with Gasteiger partial charge in [-0.2, -0.15) is 17.7 Å². The van der Waals surface area contributed by atoms with Gasteiger partial charge in [0.15, 0.2) is 5.65 Å². The average Bonchev–Trinajstić information content (AvgIpc) is 2.84. The van der Waals surface area contributed by atoms with Crippen molar-refractivity contribution in [2.75, 3.05) is 25.5 Å². The highest BCUT2D eigenvalue weighted by Crippen LogP contribution is 2.27. The Labute approximate surface area is 119 Å². The molecule has 1 aliphatic rings. The highest BCUT2D eigenvalue weighted by molar-refractivity contribution is 5.44. The number of nitrogens with zero attached hydrogens (tertiary/aromatic N) is 5. The highest BCUT2D eigenvalue weighted by Gasteiger charge is 2.37. The number of hydrogen-bond donors (Lipinski definition) is 1. The van der Waals surface area contributed by atoms with Gasteiger partial charge in [0.25, 0.3) is 5.82 Å². The van der Waals surface area contributed by atoms with Crippen LogP contribution in [0.5, 0.6) is 0 Å². The second-order valence-electron chi connectivity index (χ2n) is 5.23. The predicted molar refractivity (Wildman–Crippen MR) is 69.9 cm³/mol. The zero-order chi connectivity index (χ0) is 15.0. The van der Waals surface area contributed by atoms with Gasteiger partial charge < -0.3 is 10.2 Å². The Hall–Kier alpha value is -1.90. The van der Waals surface area contributed by atoms with Gasteiger partial charge in [-0.25, -0.2) is 0 Å². The molecular formula is C12H15F3N6. The summed E-state index contributed by atoms with van der Waals surface area (Å²) in [5, 5.41) is 13.8. The predicted octanol–water partition coefficient (Wildman–Crippen LogP) is 1.65. The number of halogens is 3. The molecule has 0 amide bonds. The number of fused-ring (bicyclic) bond motifs is 1. The Morgan fingerprint density at radius 1 is 1.19 bits per heavy atom. The summed E-state index contributed by atoms with van der Waals surface area (Å²) in [6, 6.07) is 3.33. The Balaban J connectivity index is 1.83. The molecule has 1 fully saturated rings. The molecule has 6 nitrogen and oxygen atoms in total. The molecule has 9 heteroatoms. The number of rotatable bonds is 2. The number of hydrogen-bond acceptors (Lipinski definition) is 5. The molecule has 0 bridgehead atoms. The third-order valence-corrected chi connectivity index (χ3v) is 3.59. The summed E-state index contributed by atoms with van der Waals surface area (Å²) >= 11 is 0. The van der Waals surface area contributed by atoms with Gasteiger partial charge in [-0.15, -0.1) is 15.3 Å². The second-order valence-corrected chi connectivity index (χ2v) is 5.23. The van der Waals surface area contributed by atoms with E-state index in [1.165, 1.54) is 6.07 Å². The number of anilines is 1. The van der Waals surface area contributed by atoms with E-state index in [1.54, 1.807) is 6.07 Å². The molecule has 1 saturated heterocycles. The summed E-state index contributed by atoms with van der Waals surface area (Å²) in [6.45, 7) is 1.92. The summed E-state index contributed by atoms with van der Waals surface area (Å²) < 4.78 is 39.1. The minimum Gasteiger partial charge on any atom is -0.366 e. The first-order valence-corrected chi connectivity index (χ1v) is 6.68. The van der Waals surface area contributed by atoms with Crippen molar-refractivity contribution in [2.45, 2.75) is 25.1 Å². The second kappa shape index (κ2) is 5.14. The van der Waals surface area contributed by atoms with Gasteiger partial charge in [-0.3, -0.25) is 0 Å². The van der Waals surface area contributed by atoms with Gasteiger partial charge in [-0.1, -0.05) is 0 Å². The van der Waals surface area contributed by atoms with E-state index in [-0.39, 0.29) is 11.7 Å². The van der Waals surface area contributed by atoms with E-state index < -0.39 is 12.0 Å². The molecule has 0 radical (unpaired) electrons. The minimum atomic E-state index is -4.57. The lowest BCUT2D eigenvalue weighted by Gasteiger charge is -2.29. The number of likely N-dealkylation sites (tertiary alicyclic amines) is 1. The fraction of sp³-hybridized carbons (Fsp3) is 0.583. The monoisotopic (exact) mass is 300 g/mol. The van der Waals surface area contributed by atoms with Crippen LogP contribution in [0.3, 0.4) is 0 Å². The number of piperidine rings is 1. The van der Waals surface area contributed by atoms with Crippen molar-refractivity contribution in [3.05, 3.63) is 18.0 Å². The Morgan fingerprint density at radius 3 is 2.57 bits per heavy atom. The highest BCUT2D eigenvalue weighted by atomic mass is 19.4. The van der Waals surface area contributed by atoms with E-state index >= 15 is 0 Å². The van der Waals surface area contributed by atoms with E-state index in [0.717, 1.165) is 30.4 Å². The molecule has 3 heterocycles. The largest absolute Gasteiger partial charge is 0.453 e. The molecule has 0 aliphatic carbocycles. The molecular weight excluding hydrogens is 285 g/mol. The Morgan fingerprint density at radius 2 is 1.90 bits per heavy atom. The van der Waals surface area contributed by atoms with Crippen LogP contribution in [0.25, 0.3) is 5.65 Å². The summed E-state index contributed by atoms with van der Waals surface area (Å²) in [5.74, 6) is -0.702. The normalized spacial score (nSPS) is 18.3. The molecule has 1 aliphatic heterocycles. The van der Waals surface area contributed by atoms with Crippen LogP contribution in [0, 0.1) is 0 Å². The topological polar surface area (TPSA) is 58.3 Å². The van der Waals surface area contributed by atoms with Gasteiger partial charge in [0.1, 0.15) is 5.82 Å². The lowest BCUT2D eigenvalue weighted by molar-refractivity contribution is -0.146. The molecule has 2 aromatic rings. The van der Waals surface area contributed by atoms with E-state index in [4.69, 9.17) is 0 Å². The fourth-order valence-corrected chi connectivity index (χ4v) is 2.40. The van der Waals surface area contributed by atoms with E-state index in [1.807, 2.05) is 7.05 Å². The van der Waals surface area contributed by atoms with Gasteiger partial charge in [0.05, 0.1) is 0 Å². The van der Waals surface area contributed by atoms with Crippen LogP contribution in [0.15, 0.2) is 12.1 Å². The number of aromatic nitrogens is 4. The van der Waals surface area contributed by atoms with Crippen molar-refractivity contribution in [2.24, 2.45) is 0 Å². The van der Waals surface area contributed by atoms with Crippen LogP contribution in [0.1, 0.15) is 18.7 Å². The lowest BCUT2D eigenvalue weighted by Crippen LogP contribution is -2.37. The SMILES string of the molecule is CN1CCC(Nc2ccc3nnc(C(F)(F)F)n3n2)CC1. The van der Waals surface area contributed by atoms with Gasteiger partial charge >= 0.3 is 6.18 Å². The molecule has 0 atom stereocenters. The van der Waals surface area contributed by atoms with Crippen LogP contribution in [-0.4, -0.2) is 50.9 Å². The lowest BCUT2D eigenvalue weighted by atomic mass is 10.1. The van der Waals surface area contributed by atoms with Crippen molar-refractivity contribution < 1.29 is 13.2 Å². The minimum absolute atomic E-state index is 0.0799. The smallest absolute Gasteiger partial charge is 0.366 e. The molecule has 114 valence electrons. The van der Waals surface area contributed by atoms with E-state index in [2.05, 4.69) is 25.5 Å². The van der Waals surface area contributed by atoms with Crippen molar-refractivity contribution in [3.63, 3.8) is 0 Å². The quantitative estimate of drug-likeness (QED) is 0.914. The van der Waals surface area contributed by atoms with Crippen LogP contribution in [0.2, 0.25) is 0 Å². The summed E-state index contributed by atoms with van der Waals surface area (Å²) in [6.07, 6.45) is -2.70. The van der Waals surface area contributed by atoms with E-state index in [0.29, 0.717) is 5.82 Å². The summed E-state index contributed by atoms with van der Waals surface area (Å²) in [7, 11) is 2.05. The van der Waals surface area contributed by atoms with Crippen molar-refractivity contribution >= 4 is 11.5 Å². The molecule has 1 N–H and O–H groups in total. The van der Waals surface area contributed by atoms with Crippen molar-refractivity contribution in [1.82, 2.24) is 24.7 Å². The molecule has 0 unspecified atom stereocenters. The molecule has 0 aromatic carbocycles. The molecule has 0 saturated carbocycles. The van der Waals surface area contributed by atoms with Crippen molar-refractivity contribution in [3.8, 4) is 0 Å². The maximum Gasteiger partial charge on any atom is 0.453 e. The third-order valence-electron chi connectivity index (χ3n) is 3.59. The standard InChI is InChI=1S/C12H15F3N6/c1-20-6-4-8(5-7-20)16-9-2-3-10-17-18-11(12(13,14)15)21(10)19-9/h2-3,8H,4-7H2,1H3,(H,16,19). The van der Waals surface area contributed by atoms with Gasteiger partial charge in [0.2, 0.25) is 0 Å². The number of alkyl halides is 3. The zero-order valence-electron chi connectivity index (χ0n) is 11.4. The van der Waals surface area contributed by atoms with Gasteiger partial charge in [0, 0.05) is 6.04 Å². The first-order chi connectivity index (χ1) is 9.93. The molecule has 21 heavy (non-hydrogen) atoms. The van der Waals surface area contributed by atoms with Crippen LogP contribution in [0.4, 0.5) is 19.0 Å². The average molecular weight is 300 g/mol. The first-order valence-electron chi connectivity index (χ1n) is 6.68. The Bertz CT molecular complexity index is 629. The molecule has 3 rings (SSSR count). The maximum atomic E-state index is 12.8. The van der Waals surface area contributed by atoms with Crippen LogP contribution >= 0.6 is 0 Å². The summed E-state index contributed by atoms with van der Waals surface area (Å²) in [5.41, 5.74) is 0.0799. The fourth-order valence-electron chi connectivity index (χ4n) is 2.40. The van der Waals surface area contributed by atoms with Crippen LogP contribution < -0.4 is 5.32 Å². The van der Waals surface area contributed by atoms with Crippen molar-refractivity contribution in [1.29, 1.82) is 0 Å². The maximum absolute atomic E-state index is 12.8. The molecule has 2 aromatic heterocycles. The molecule has 0 spiro atoms.